The lowest BCUT2D eigenvalue weighted by atomic mass is 9.87. The van der Waals surface area contributed by atoms with Crippen LogP contribution in [0.5, 0.6) is 0 Å². The smallest absolute Gasteiger partial charge is 0.305 e. The van der Waals surface area contributed by atoms with Crippen LogP contribution in [0, 0.1) is 11.3 Å². The molecule has 5 nitrogen and oxygen atoms in total. The molecule has 1 saturated carbocycles. The minimum absolute atomic E-state index is 0.0218. The number of nitrogens with two attached hydrogens (primary N) is 1. The maximum Gasteiger partial charge on any atom is 0.305 e. The average molecular weight is 270 g/mol. The van der Waals surface area contributed by atoms with Crippen molar-refractivity contribution in [2.75, 3.05) is 0 Å². The molecule has 0 aromatic heterocycles. The van der Waals surface area contributed by atoms with E-state index < -0.39 is 5.97 Å². The zero-order valence-electron chi connectivity index (χ0n) is 12.1. The van der Waals surface area contributed by atoms with Crippen LogP contribution in [0.15, 0.2) is 0 Å². The fraction of sp³-hybridized carbons (Fsp3) is 0.857. The summed E-state index contributed by atoms with van der Waals surface area (Å²) in [6.45, 7) is 6.10. The molecule has 5 heteroatoms. The summed E-state index contributed by atoms with van der Waals surface area (Å²) in [5.74, 6) is -0.540. The highest BCUT2D eigenvalue weighted by Gasteiger charge is 2.30. The van der Waals surface area contributed by atoms with Crippen LogP contribution in [0.25, 0.3) is 0 Å². The first-order valence-corrected chi connectivity index (χ1v) is 6.94. The van der Waals surface area contributed by atoms with Crippen LogP contribution < -0.4 is 11.1 Å². The number of nitrogens with one attached hydrogen (secondary N) is 1. The summed E-state index contributed by atoms with van der Waals surface area (Å²) in [6, 6.07) is -0.406. The molecule has 4 N–H and O–H groups in total. The largest absolute Gasteiger partial charge is 0.481 e. The second kappa shape index (κ2) is 6.37. The van der Waals surface area contributed by atoms with Crippen molar-refractivity contribution < 1.29 is 14.7 Å². The van der Waals surface area contributed by atoms with Crippen LogP contribution in [0.2, 0.25) is 0 Å². The quantitative estimate of drug-likeness (QED) is 0.654. The van der Waals surface area contributed by atoms with Gasteiger partial charge in [-0.1, -0.05) is 20.8 Å². The molecular weight excluding hydrogens is 244 g/mol. The summed E-state index contributed by atoms with van der Waals surface area (Å²) in [6.07, 6.45) is 3.11. The number of hydrogen-bond donors (Lipinski definition) is 3. The van der Waals surface area contributed by atoms with Gasteiger partial charge in [-0.25, -0.2) is 0 Å². The minimum Gasteiger partial charge on any atom is -0.481 e. The van der Waals surface area contributed by atoms with Crippen molar-refractivity contribution in [1.82, 2.24) is 5.32 Å². The Bertz CT molecular complexity index is 332. The van der Waals surface area contributed by atoms with E-state index >= 15 is 0 Å². The summed E-state index contributed by atoms with van der Waals surface area (Å²) >= 11 is 0. The summed E-state index contributed by atoms with van der Waals surface area (Å²) in [4.78, 5) is 22.7. The van der Waals surface area contributed by atoms with Gasteiger partial charge in [0.25, 0.3) is 0 Å². The number of amides is 1. The van der Waals surface area contributed by atoms with Crippen molar-refractivity contribution in [2.45, 2.75) is 65.0 Å². The lowest BCUT2D eigenvalue weighted by molar-refractivity contribution is -0.137. The first-order chi connectivity index (χ1) is 8.67. The van der Waals surface area contributed by atoms with Crippen LogP contribution in [-0.4, -0.2) is 29.1 Å². The number of carbonyl (C=O) groups is 2. The van der Waals surface area contributed by atoms with E-state index in [9.17, 15) is 9.59 Å². The number of aliphatic carboxylic acids is 1. The average Bonchev–Trinajstić information content (AvgIpc) is 2.94. The van der Waals surface area contributed by atoms with Gasteiger partial charge in [0, 0.05) is 18.5 Å². The van der Waals surface area contributed by atoms with Gasteiger partial charge >= 0.3 is 5.97 Å². The van der Waals surface area contributed by atoms with E-state index in [1.807, 2.05) is 20.8 Å². The molecule has 0 aromatic rings. The first-order valence-electron chi connectivity index (χ1n) is 6.94. The minimum atomic E-state index is -0.888. The lowest BCUT2D eigenvalue weighted by Crippen LogP contribution is -2.41. The van der Waals surface area contributed by atoms with E-state index in [-0.39, 0.29) is 29.8 Å². The van der Waals surface area contributed by atoms with Crippen molar-refractivity contribution in [2.24, 2.45) is 17.1 Å². The molecule has 1 rings (SSSR count). The van der Waals surface area contributed by atoms with Gasteiger partial charge in [-0.15, -0.1) is 0 Å². The van der Waals surface area contributed by atoms with Crippen LogP contribution in [0.4, 0.5) is 0 Å². The third-order valence-electron chi connectivity index (χ3n) is 3.29. The van der Waals surface area contributed by atoms with Gasteiger partial charge < -0.3 is 16.2 Å². The molecule has 1 amide bonds. The van der Waals surface area contributed by atoms with Gasteiger partial charge in [0.1, 0.15) is 0 Å². The lowest BCUT2D eigenvalue weighted by Gasteiger charge is -2.26. The molecule has 0 bridgehead atoms. The van der Waals surface area contributed by atoms with E-state index in [0.717, 1.165) is 12.8 Å². The molecule has 19 heavy (non-hydrogen) atoms. The fourth-order valence-electron chi connectivity index (χ4n) is 2.32. The molecule has 0 aromatic carbocycles. The van der Waals surface area contributed by atoms with E-state index in [0.29, 0.717) is 18.8 Å². The molecule has 1 aliphatic carbocycles. The summed E-state index contributed by atoms with van der Waals surface area (Å²) in [5, 5.41) is 11.7. The number of hydrogen-bond acceptors (Lipinski definition) is 3. The SMILES string of the molecule is CC(C)(C)CC(CC(=O)O)NC(=O)CC(N)C1CC1. The molecule has 0 saturated heterocycles. The van der Waals surface area contributed by atoms with Crippen molar-refractivity contribution >= 4 is 11.9 Å². The van der Waals surface area contributed by atoms with Crippen molar-refractivity contribution in [1.29, 1.82) is 0 Å². The molecule has 1 fully saturated rings. The third-order valence-corrected chi connectivity index (χ3v) is 3.29. The Morgan fingerprint density at radius 3 is 2.32 bits per heavy atom. The first kappa shape index (κ1) is 16.0. The fourth-order valence-corrected chi connectivity index (χ4v) is 2.32. The van der Waals surface area contributed by atoms with Gasteiger partial charge in [0.2, 0.25) is 5.91 Å². The Morgan fingerprint density at radius 1 is 1.32 bits per heavy atom. The highest BCUT2D eigenvalue weighted by Crippen LogP contribution is 2.32. The van der Waals surface area contributed by atoms with Gasteiger partial charge in [-0.05, 0) is 30.6 Å². The van der Waals surface area contributed by atoms with E-state index in [2.05, 4.69) is 5.32 Å². The van der Waals surface area contributed by atoms with Crippen LogP contribution in [0.1, 0.15) is 52.9 Å². The Kier molecular flexibility index (Phi) is 5.35. The Labute approximate surface area is 114 Å². The van der Waals surface area contributed by atoms with Crippen LogP contribution in [0.3, 0.4) is 0 Å². The number of carbonyl (C=O) groups excluding carboxylic acids is 1. The van der Waals surface area contributed by atoms with E-state index in [1.165, 1.54) is 0 Å². The van der Waals surface area contributed by atoms with Gasteiger partial charge in [0.15, 0.2) is 0 Å². The number of rotatable bonds is 7. The Morgan fingerprint density at radius 2 is 1.89 bits per heavy atom. The predicted molar refractivity (Wildman–Crippen MR) is 73.6 cm³/mol. The van der Waals surface area contributed by atoms with E-state index in [4.69, 9.17) is 10.8 Å². The van der Waals surface area contributed by atoms with Crippen LogP contribution in [-0.2, 0) is 9.59 Å². The Hall–Kier alpha value is -1.10. The molecule has 0 aliphatic heterocycles. The number of carboxylic acid groups (broad SMARTS) is 1. The highest BCUT2D eigenvalue weighted by atomic mass is 16.4. The topological polar surface area (TPSA) is 92.4 Å². The normalized spacial score (nSPS) is 18.7. The zero-order chi connectivity index (χ0) is 14.6. The monoisotopic (exact) mass is 270 g/mol. The standard InChI is InChI=1S/C14H26N2O3/c1-14(2,3)8-10(6-13(18)19)16-12(17)7-11(15)9-4-5-9/h9-11H,4-8,15H2,1-3H3,(H,16,17)(H,18,19). The molecule has 2 unspecified atom stereocenters. The molecule has 0 spiro atoms. The third kappa shape index (κ3) is 7.15. The maximum absolute atomic E-state index is 11.9. The van der Waals surface area contributed by atoms with Gasteiger partial charge in [0.05, 0.1) is 6.42 Å². The zero-order valence-corrected chi connectivity index (χ0v) is 12.1. The maximum atomic E-state index is 11.9. The van der Waals surface area contributed by atoms with Crippen molar-refractivity contribution in [3.05, 3.63) is 0 Å². The summed E-state index contributed by atoms with van der Waals surface area (Å²) < 4.78 is 0. The highest BCUT2D eigenvalue weighted by molar-refractivity contribution is 5.78. The van der Waals surface area contributed by atoms with Crippen LogP contribution >= 0.6 is 0 Å². The second-order valence-corrected chi connectivity index (χ2v) is 6.83. The molecule has 0 heterocycles. The summed E-state index contributed by atoms with van der Waals surface area (Å²) in [5.41, 5.74) is 5.89. The molecule has 110 valence electrons. The molecule has 1 aliphatic rings. The summed E-state index contributed by atoms with van der Waals surface area (Å²) in [7, 11) is 0. The second-order valence-electron chi connectivity index (χ2n) is 6.83. The van der Waals surface area contributed by atoms with Crippen molar-refractivity contribution in [3.63, 3.8) is 0 Å². The number of carboxylic acids is 1. The van der Waals surface area contributed by atoms with Gasteiger partial charge in [-0.2, -0.15) is 0 Å². The van der Waals surface area contributed by atoms with Gasteiger partial charge in [-0.3, -0.25) is 9.59 Å². The molecular formula is C14H26N2O3. The Balaban J connectivity index is 2.45. The molecule has 0 radical (unpaired) electrons. The molecule has 2 atom stereocenters. The van der Waals surface area contributed by atoms with E-state index in [1.54, 1.807) is 0 Å². The van der Waals surface area contributed by atoms with Crippen molar-refractivity contribution in [3.8, 4) is 0 Å². The predicted octanol–water partition coefficient (Wildman–Crippen LogP) is 1.51.